The first-order valence-corrected chi connectivity index (χ1v) is 15.3. The summed E-state index contributed by atoms with van der Waals surface area (Å²) in [7, 11) is 0. The van der Waals surface area contributed by atoms with E-state index in [-0.39, 0.29) is 5.41 Å². The molecule has 0 amide bonds. The van der Waals surface area contributed by atoms with E-state index < -0.39 is 0 Å². The molecule has 0 saturated carbocycles. The lowest BCUT2D eigenvalue weighted by molar-refractivity contribution is 0.801. The van der Waals surface area contributed by atoms with Gasteiger partial charge in [0.05, 0.1) is 5.41 Å². The average Bonchev–Trinajstić information content (AvgIpc) is 3.52. The summed E-state index contributed by atoms with van der Waals surface area (Å²) in [5.41, 5.74) is 15.4. The molecule has 7 aromatic rings. The van der Waals surface area contributed by atoms with Crippen LogP contribution in [0.2, 0.25) is 0 Å². The molecule has 2 aliphatic carbocycles. The highest BCUT2D eigenvalue weighted by Gasteiger charge is 2.52. The van der Waals surface area contributed by atoms with Gasteiger partial charge in [-0.25, -0.2) is 0 Å². The van der Waals surface area contributed by atoms with Gasteiger partial charge in [-0.05, 0) is 95.7 Å². The molecular formula is C41H25Br. The van der Waals surface area contributed by atoms with Crippen molar-refractivity contribution in [2.75, 3.05) is 0 Å². The third-order valence-electron chi connectivity index (χ3n) is 9.35. The molecule has 1 atom stereocenters. The second-order valence-electron chi connectivity index (χ2n) is 11.4. The number of hydrogen-bond acceptors (Lipinski definition) is 0. The number of rotatable bonds is 2. The van der Waals surface area contributed by atoms with Crippen molar-refractivity contribution in [3.8, 4) is 44.5 Å². The zero-order valence-corrected chi connectivity index (χ0v) is 24.4. The van der Waals surface area contributed by atoms with Crippen LogP contribution in [0.4, 0.5) is 0 Å². The first kappa shape index (κ1) is 23.9. The van der Waals surface area contributed by atoms with E-state index >= 15 is 0 Å². The quantitative estimate of drug-likeness (QED) is 0.186. The van der Waals surface area contributed by atoms with E-state index in [4.69, 9.17) is 0 Å². The summed E-state index contributed by atoms with van der Waals surface area (Å²) in [6, 6.07) is 56.2. The van der Waals surface area contributed by atoms with E-state index in [0.29, 0.717) is 0 Å². The Morgan fingerprint density at radius 2 is 0.952 bits per heavy atom. The Hall–Kier alpha value is -4.72. The van der Waals surface area contributed by atoms with E-state index in [0.717, 1.165) is 4.47 Å². The Morgan fingerprint density at radius 1 is 0.381 bits per heavy atom. The van der Waals surface area contributed by atoms with Gasteiger partial charge in [-0.1, -0.05) is 149 Å². The fourth-order valence-electron chi connectivity index (χ4n) is 7.62. The van der Waals surface area contributed by atoms with E-state index in [9.17, 15) is 0 Å². The molecule has 0 saturated heterocycles. The van der Waals surface area contributed by atoms with Crippen LogP contribution >= 0.6 is 15.9 Å². The second-order valence-corrected chi connectivity index (χ2v) is 12.3. The normalized spacial score (nSPS) is 15.8. The Labute approximate surface area is 254 Å². The van der Waals surface area contributed by atoms with Gasteiger partial charge in [0.25, 0.3) is 0 Å². The van der Waals surface area contributed by atoms with Crippen molar-refractivity contribution >= 4 is 26.7 Å². The minimum Gasteiger partial charge on any atom is -0.0619 e. The lowest BCUT2D eigenvalue weighted by Gasteiger charge is -2.31. The topological polar surface area (TPSA) is 0 Å². The van der Waals surface area contributed by atoms with Crippen LogP contribution < -0.4 is 0 Å². The van der Waals surface area contributed by atoms with Gasteiger partial charge < -0.3 is 0 Å². The van der Waals surface area contributed by atoms with Gasteiger partial charge in [0.15, 0.2) is 0 Å². The minimum absolute atomic E-state index is 0.370. The van der Waals surface area contributed by atoms with Crippen LogP contribution in [0, 0.1) is 0 Å². The van der Waals surface area contributed by atoms with E-state index in [1.165, 1.54) is 77.5 Å². The summed E-state index contributed by atoms with van der Waals surface area (Å²) >= 11 is 3.62. The molecule has 42 heavy (non-hydrogen) atoms. The highest BCUT2D eigenvalue weighted by Crippen LogP contribution is 2.64. The molecule has 196 valence electrons. The molecule has 2 aliphatic rings. The number of hydrogen-bond donors (Lipinski definition) is 0. The van der Waals surface area contributed by atoms with Crippen molar-refractivity contribution in [3.05, 3.63) is 178 Å². The maximum atomic E-state index is 3.62. The highest BCUT2D eigenvalue weighted by molar-refractivity contribution is 9.10. The zero-order valence-electron chi connectivity index (χ0n) is 22.8. The Kier molecular flexibility index (Phi) is 5.06. The van der Waals surface area contributed by atoms with Gasteiger partial charge in [-0.2, -0.15) is 0 Å². The summed E-state index contributed by atoms with van der Waals surface area (Å²) in [6.45, 7) is 0. The molecule has 1 heteroatoms. The first-order valence-electron chi connectivity index (χ1n) is 14.5. The lowest BCUT2D eigenvalue weighted by atomic mass is 9.69. The summed E-state index contributed by atoms with van der Waals surface area (Å²) in [6.07, 6.45) is 0. The van der Waals surface area contributed by atoms with Crippen LogP contribution in [0.3, 0.4) is 0 Å². The molecule has 9 rings (SSSR count). The molecule has 1 unspecified atom stereocenters. The molecule has 0 radical (unpaired) electrons. The first-order chi connectivity index (χ1) is 20.7. The van der Waals surface area contributed by atoms with Crippen molar-refractivity contribution in [3.63, 3.8) is 0 Å². The monoisotopic (exact) mass is 596 g/mol. The molecule has 0 bridgehead atoms. The lowest BCUT2D eigenvalue weighted by Crippen LogP contribution is -2.26. The molecule has 1 spiro atoms. The van der Waals surface area contributed by atoms with Gasteiger partial charge in [0, 0.05) is 4.47 Å². The summed E-state index contributed by atoms with van der Waals surface area (Å²) in [4.78, 5) is 0. The fourth-order valence-corrected chi connectivity index (χ4v) is 8.02. The van der Waals surface area contributed by atoms with Crippen molar-refractivity contribution in [1.29, 1.82) is 0 Å². The molecule has 0 nitrogen and oxygen atoms in total. The molecule has 0 aromatic heterocycles. The van der Waals surface area contributed by atoms with Crippen LogP contribution in [0.15, 0.2) is 156 Å². The zero-order chi connectivity index (χ0) is 27.8. The molecule has 0 heterocycles. The number of benzene rings is 7. The van der Waals surface area contributed by atoms with Crippen LogP contribution in [-0.2, 0) is 5.41 Å². The second kappa shape index (κ2) is 8.89. The third-order valence-corrected chi connectivity index (χ3v) is 9.84. The van der Waals surface area contributed by atoms with Crippen molar-refractivity contribution < 1.29 is 0 Å². The van der Waals surface area contributed by atoms with Gasteiger partial charge in [0.1, 0.15) is 0 Å². The molecular weight excluding hydrogens is 572 g/mol. The fraction of sp³-hybridized carbons (Fsp3) is 0.0244. The van der Waals surface area contributed by atoms with Crippen molar-refractivity contribution in [2.45, 2.75) is 5.41 Å². The SMILES string of the molecule is Brc1cccc(-c2ccc(-c3ccc4c(c3)C3(c5ccccc5-4)c4ccccc4-c4ccc5ccccc5c43)cc2)c1. The molecule has 0 aliphatic heterocycles. The minimum atomic E-state index is -0.370. The number of fused-ring (bicyclic) bond motifs is 12. The third kappa shape index (κ3) is 3.17. The van der Waals surface area contributed by atoms with Crippen LogP contribution in [-0.4, -0.2) is 0 Å². The average molecular weight is 598 g/mol. The largest absolute Gasteiger partial charge is 0.0731 e. The van der Waals surface area contributed by atoms with Crippen LogP contribution in [0.5, 0.6) is 0 Å². The van der Waals surface area contributed by atoms with Gasteiger partial charge in [0.2, 0.25) is 0 Å². The van der Waals surface area contributed by atoms with Gasteiger partial charge >= 0.3 is 0 Å². The van der Waals surface area contributed by atoms with E-state index in [1.54, 1.807) is 0 Å². The van der Waals surface area contributed by atoms with Gasteiger partial charge in [-0.3, -0.25) is 0 Å². The number of halogens is 1. The predicted molar refractivity (Wildman–Crippen MR) is 179 cm³/mol. The maximum absolute atomic E-state index is 3.62. The maximum Gasteiger partial charge on any atom is 0.0731 e. The summed E-state index contributed by atoms with van der Waals surface area (Å²) in [5, 5.41) is 2.62. The molecule has 7 aromatic carbocycles. The van der Waals surface area contributed by atoms with Crippen LogP contribution in [0.1, 0.15) is 22.3 Å². The van der Waals surface area contributed by atoms with E-state index in [1.807, 2.05) is 0 Å². The molecule has 0 fully saturated rings. The van der Waals surface area contributed by atoms with E-state index in [2.05, 4.69) is 168 Å². The Morgan fingerprint density at radius 3 is 1.69 bits per heavy atom. The summed E-state index contributed by atoms with van der Waals surface area (Å²) in [5.74, 6) is 0. The van der Waals surface area contributed by atoms with Gasteiger partial charge in [-0.15, -0.1) is 0 Å². The summed E-state index contributed by atoms with van der Waals surface area (Å²) < 4.78 is 1.09. The Bertz CT molecular complexity index is 2190. The standard InChI is InChI=1S/C41H25Br/c42-31-10-7-9-29(24-31)26-16-18-27(19-17-26)30-21-22-35-33-12-3-5-14-37(33)41(39(35)25-30)38-15-6-4-13-34(38)36-23-20-28-8-1-2-11-32(28)40(36)41/h1-25H. The smallest absolute Gasteiger partial charge is 0.0619 e. The van der Waals surface area contributed by atoms with Crippen molar-refractivity contribution in [2.24, 2.45) is 0 Å². The highest BCUT2D eigenvalue weighted by atomic mass is 79.9. The Balaban J connectivity index is 1.32. The van der Waals surface area contributed by atoms with Crippen LogP contribution in [0.25, 0.3) is 55.3 Å². The predicted octanol–water partition coefficient (Wildman–Crippen LogP) is 11.3. The van der Waals surface area contributed by atoms with Crippen molar-refractivity contribution in [1.82, 2.24) is 0 Å². The molecule has 0 N–H and O–H groups in total.